The van der Waals surface area contributed by atoms with Crippen molar-refractivity contribution in [1.29, 1.82) is 5.26 Å². The van der Waals surface area contributed by atoms with Gasteiger partial charge in [0.2, 0.25) is 0 Å². The zero-order chi connectivity index (χ0) is 12.4. The van der Waals surface area contributed by atoms with Crippen LogP contribution in [0.2, 0.25) is 0 Å². The molecule has 0 N–H and O–H groups in total. The predicted molar refractivity (Wildman–Crippen MR) is 66.0 cm³/mol. The minimum Gasteiger partial charge on any atom is -0.304 e. The van der Waals surface area contributed by atoms with Gasteiger partial charge in [0.25, 0.3) is 5.91 Å². The summed E-state index contributed by atoms with van der Waals surface area (Å²) in [5.74, 6) is -0.0345. The number of fused-ring (bicyclic) bond motifs is 1. The lowest BCUT2D eigenvalue weighted by Gasteiger charge is -2.25. The largest absolute Gasteiger partial charge is 0.304 e. The lowest BCUT2D eigenvalue weighted by atomic mass is 10.1. The molecule has 1 aromatic rings. The highest BCUT2D eigenvalue weighted by atomic mass is 16.2. The van der Waals surface area contributed by atoms with Gasteiger partial charge in [0.15, 0.2) is 0 Å². The Balaban J connectivity index is 2.39. The molecule has 0 spiro atoms. The van der Waals surface area contributed by atoms with Crippen LogP contribution in [-0.2, 0) is 0 Å². The molecule has 1 unspecified atom stereocenters. The highest BCUT2D eigenvalue weighted by Gasteiger charge is 2.34. The minimum atomic E-state index is -0.0765. The van der Waals surface area contributed by atoms with Crippen LogP contribution in [-0.4, -0.2) is 16.8 Å². The molecular formula is C14H14N2O. The lowest BCUT2D eigenvalue weighted by molar-refractivity contribution is 0.0803. The van der Waals surface area contributed by atoms with Gasteiger partial charge in [-0.15, -0.1) is 0 Å². The molecule has 1 atom stereocenters. The lowest BCUT2D eigenvalue weighted by Crippen LogP contribution is -2.33. The van der Waals surface area contributed by atoms with E-state index in [0.717, 1.165) is 12.0 Å². The van der Waals surface area contributed by atoms with Gasteiger partial charge in [0.1, 0.15) is 0 Å². The number of nitriles is 1. The normalized spacial score (nSPS) is 15.6. The van der Waals surface area contributed by atoms with E-state index < -0.39 is 0 Å². The maximum atomic E-state index is 12.2. The summed E-state index contributed by atoms with van der Waals surface area (Å²) in [4.78, 5) is 13.9. The van der Waals surface area contributed by atoms with Crippen molar-refractivity contribution < 1.29 is 4.79 Å². The van der Waals surface area contributed by atoms with Crippen LogP contribution in [0.3, 0.4) is 0 Å². The molecule has 3 heteroatoms. The molecule has 0 fully saturated rings. The van der Waals surface area contributed by atoms with E-state index in [9.17, 15) is 4.79 Å². The Kier molecular flexibility index (Phi) is 2.97. The highest BCUT2D eigenvalue weighted by Crippen LogP contribution is 2.34. The highest BCUT2D eigenvalue weighted by molar-refractivity contribution is 6.09. The maximum absolute atomic E-state index is 12.2. The first-order valence-corrected chi connectivity index (χ1v) is 5.69. The van der Waals surface area contributed by atoms with Crippen LogP contribution < -0.4 is 0 Å². The summed E-state index contributed by atoms with van der Waals surface area (Å²) in [6.07, 6.45) is 1.10. The van der Waals surface area contributed by atoms with Crippen LogP contribution in [0.1, 0.15) is 35.7 Å². The number of amides is 1. The molecule has 1 heterocycles. The molecule has 0 aliphatic carbocycles. The first kappa shape index (κ1) is 11.4. The molecule has 1 aliphatic heterocycles. The number of carbonyl (C=O) groups excluding carboxylic acids is 1. The zero-order valence-electron chi connectivity index (χ0n) is 9.81. The fraction of sp³-hybridized carbons (Fsp3) is 0.286. The first-order chi connectivity index (χ1) is 8.20. The number of benzene rings is 1. The molecule has 17 heavy (non-hydrogen) atoms. The van der Waals surface area contributed by atoms with Crippen LogP contribution in [0.25, 0.3) is 5.70 Å². The van der Waals surface area contributed by atoms with Crippen molar-refractivity contribution in [2.24, 2.45) is 0 Å². The van der Waals surface area contributed by atoms with E-state index in [1.165, 1.54) is 0 Å². The van der Waals surface area contributed by atoms with Crippen LogP contribution in [0, 0.1) is 11.3 Å². The fourth-order valence-electron chi connectivity index (χ4n) is 2.21. The second kappa shape index (κ2) is 4.42. The third-order valence-electron chi connectivity index (χ3n) is 3.14. The van der Waals surface area contributed by atoms with Gasteiger partial charge in [-0.3, -0.25) is 4.79 Å². The number of carbonyl (C=O) groups is 1. The average molecular weight is 226 g/mol. The molecule has 0 saturated carbocycles. The third kappa shape index (κ3) is 1.72. The van der Waals surface area contributed by atoms with Crippen molar-refractivity contribution in [1.82, 2.24) is 4.90 Å². The van der Waals surface area contributed by atoms with Crippen LogP contribution in [0.15, 0.2) is 30.8 Å². The van der Waals surface area contributed by atoms with Crippen LogP contribution in [0.5, 0.6) is 0 Å². The molecule has 0 bridgehead atoms. The summed E-state index contributed by atoms with van der Waals surface area (Å²) in [5, 5.41) is 8.80. The van der Waals surface area contributed by atoms with Crippen molar-refractivity contribution in [2.45, 2.75) is 25.8 Å². The van der Waals surface area contributed by atoms with E-state index in [0.29, 0.717) is 17.7 Å². The second-order valence-corrected chi connectivity index (χ2v) is 4.09. The molecule has 0 radical (unpaired) electrons. The number of nitrogens with zero attached hydrogens (tertiary/aromatic N) is 2. The van der Waals surface area contributed by atoms with Gasteiger partial charge in [0, 0.05) is 22.9 Å². The Hall–Kier alpha value is -2.08. The van der Waals surface area contributed by atoms with Gasteiger partial charge in [-0.2, -0.15) is 5.26 Å². The van der Waals surface area contributed by atoms with E-state index in [-0.39, 0.29) is 11.9 Å². The van der Waals surface area contributed by atoms with Gasteiger partial charge in [-0.25, -0.2) is 0 Å². The van der Waals surface area contributed by atoms with Crippen molar-refractivity contribution in [3.8, 4) is 6.07 Å². The van der Waals surface area contributed by atoms with Gasteiger partial charge >= 0.3 is 0 Å². The second-order valence-electron chi connectivity index (χ2n) is 4.09. The minimum absolute atomic E-state index is 0.0345. The number of hydrogen-bond acceptors (Lipinski definition) is 2. The van der Waals surface area contributed by atoms with E-state index in [1.807, 2.05) is 31.2 Å². The summed E-state index contributed by atoms with van der Waals surface area (Å²) in [6.45, 7) is 5.95. The third-order valence-corrected chi connectivity index (χ3v) is 3.14. The standard InChI is InChI=1S/C14H14N2O/c1-3-11(8-9-15)16-10(2)12-6-4-5-7-13(12)14(16)17/h4-7,11H,2-3,8H2,1H3. The van der Waals surface area contributed by atoms with Crippen LogP contribution in [0.4, 0.5) is 0 Å². The summed E-state index contributed by atoms with van der Waals surface area (Å²) in [5.41, 5.74) is 2.29. The van der Waals surface area contributed by atoms with Crippen molar-refractivity contribution in [3.05, 3.63) is 42.0 Å². The van der Waals surface area contributed by atoms with Gasteiger partial charge in [0.05, 0.1) is 12.5 Å². The zero-order valence-corrected chi connectivity index (χ0v) is 9.81. The first-order valence-electron chi connectivity index (χ1n) is 5.69. The van der Waals surface area contributed by atoms with E-state index >= 15 is 0 Å². The smallest absolute Gasteiger partial charge is 0.259 e. The molecular weight excluding hydrogens is 212 g/mol. The Morgan fingerprint density at radius 3 is 2.59 bits per heavy atom. The molecule has 2 rings (SSSR count). The van der Waals surface area contributed by atoms with E-state index in [2.05, 4.69) is 12.6 Å². The number of rotatable bonds is 3. The van der Waals surface area contributed by atoms with Crippen molar-refractivity contribution >= 4 is 11.6 Å². The summed E-state index contributed by atoms with van der Waals surface area (Å²) >= 11 is 0. The van der Waals surface area contributed by atoms with Gasteiger partial charge in [-0.1, -0.05) is 31.7 Å². The monoisotopic (exact) mass is 226 g/mol. The average Bonchev–Trinajstić information content (AvgIpc) is 2.61. The molecule has 1 amide bonds. The summed E-state index contributed by atoms with van der Waals surface area (Å²) < 4.78 is 0. The Bertz CT molecular complexity index is 478. The topological polar surface area (TPSA) is 44.1 Å². The Morgan fingerprint density at radius 2 is 2.06 bits per heavy atom. The van der Waals surface area contributed by atoms with Crippen molar-refractivity contribution in [3.63, 3.8) is 0 Å². The summed E-state index contributed by atoms with van der Waals surface area (Å²) in [7, 11) is 0. The Labute approximate surface area is 101 Å². The van der Waals surface area contributed by atoms with Gasteiger partial charge < -0.3 is 4.90 Å². The summed E-state index contributed by atoms with van der Waals surface area (Å²) in [6, 6.07) is 9.50. The predicted octanol–water partition coefficient (Wildman–Crippen LogP) is 2.81. The molecule has 1 aromatic carbocycles. The molecule has 3 nitrogen and oxygen atoms in total. The SMILES string of the molecule is C=C1c2ccccc2C(=O)N1C(CC)CC#N. The fourth-order valence-corrected chi connectivity index (χ4v) is 2.21. The van der Waals surface area contributed by atoms with Gasteiger partial charge in [-0.05, 0) is 12.5 Å². The quantitative estimate of drug-likeness (QED) is 0.795. The number of hydrogen-bond donors (Lipinski definition) is 0. The van der Waals surface area contributed by atoms with Crippen molar-refractivity contribution in [2.75, 3.05) is 0 Å². The Morgan fingerprint density at radius 1 is 1.41 bits per heavy atom. The van der Waals surface area contributed by atoms with Crippen LogP contribution >= 0.6 is 0 Å². The molecule has 0 saturated heterocycles. The molecule has 1 aliphatic rings. The maximum Gasteiger partial charge on any atom is 0.259 e. The molecule has 0 aromatic heterocycles. The van der Waals surface area contributed by atoms with E-state index in [1.54, 1.807) is 4.90 Å². The molecule has 86 valence electrons. The van der Waals surface area contributed by atoms with E-state index in [4.69, 9.17) is 5.26 Å².